The first-order valence-corrected chi connectivity index (χ1v) is 4.14. The molecule has 1 aromatic rings. The number of para-hydroxylation sites is 1. The van der Waals surface area contributed by atoms with Crippen molar-refractivity contribution >= 4 is 0 Å². The summed E-state index contributed by atoms with van der Waals surface area (Å²) in [5.41, 5.74) is -2.19. The number of halogens is 2. The third kappa shape index (κ3) is 1.06. The summed E-state index contributed by atoms with van der Waals surface area (Å²) >= 11 is 0. The van der Waals surface area contributed by atoms with E-state index in [1.54, 1.807) is 18.2 Å². The highest BCUT2D eigenvalue weighted by Gasteiger charge is 2.50. The lowest BCUT2D eigenvalue weighted by atomic mass is 9.94. The molecule has 0 aliphatic carbocycles. The molecule has 2 atom stereocenters. The Morgan fingerprint density at radius 1 is 1.50 bits per heavy atom. The predicted octanol–water partition coefficient (Wildman–Crippen LogP) is 2.45. The van der Waals surface area contributed by atoms with Crippen LogP contribution in [0.3, 0.4) is 0 Å². The van der Waals surface area contributed by atoms with Gasteiger partial charge in [-0.2, -0.15) is 9.65 Å². The summed E-state index contributed by atoms with van der Waals surface area (Å²) in [5.74, 6) is 0.178. The quantitative estimate of drug-likeness (QED) is 0.689. The van der Waals surface area contributed by atoms with E-state index < -0.39 is 18.4 Å². The Morgan fingerprint density at radius 3 is 2.93 bits per heavy atom. The summed E-state index contributed by atoms with van der Waals surface area (Å²) in [5, 5.41) is 8.42. The topological polar surface area (TPSA) is 33.0 Å². The van der Waals surface area contributed by atoms with Crippen LogP contribution in [0.4, 0.5) is 8.78 Å². The van der Waals surface area contributed by atoms with Crippen molar-refractivity contribution in [3.8, 4) is 11.8 Å². The lowest BCUT2D eigenvalue weighted by Crippen LogP contribution is -2.29. The molecule has 2 nitrogen and oxygen atoms in total. The summed E-state index contributed by atoms with van der Waals surface area (Å²) < 4.78 is 31.9. The van der Waals surface area contributed by atoms with Crippen molar-refractivity contribution < 1.29 is 13.5 Å². The van der Waals surface area contributed by atoms with Gasteiger partial charge in [0.25, 0.3) is 6.36 Å². The van der Waals surface area contributed by atoms with Gasteiger partial charge in [-0.05, 0) is 6.07 Å². The van der Waals surface area contributed by atoms with Crippen LogP contribution in [0.5, 0.6) is 5.75 Å². The van der Waals surface area contributed by atoms with Gasteiger partial charge in [0.05, 0.1) is 12.5 Å². The fraction of sp³-hybridized carbons (Fsp3) is 0.300. The van der Waals surface area contributed by atoms with Crippen molar-refractivity contribution in [1.29, 1.82) is 5.26 Å². The second kappa shape index (κ2) is 2.95. The van der Waals surface area contributed by atoms with Crippen molar-refractivity contribution in [3.05, 3.63) is 29.8 Å². The van der Waals surface area contributed by atoms with Gasteiger partial charge in [-0.3, -0.25) is 0 Å². The van der Waals surface area contributed by atoms with E-state index in [0.717, 1.165) is 0 Å². The Morgan fingerprint density at radius 2 is 2.21 bits per heavy atom. The summed E-state index contributed by atoms with van der Waals surface area (Å²) in [4.78, 5) is 0. The van der Waals surface area contributed by atoms with Crippen LogP contribution in [0, 0.1) is 11.3 Å². The zero-order valence-electron chi connectivity index (χ0n) is 7.21. The number of nitrogens with zero attached hydrogens (tertiary/aromatic N) is 1. The molecular weight excluding hydrogens is 188 g/mol. The molecule has 0 amide bonds. The SMILES string of the molecule is N#CC[C@]1(F)c2ccccc2O[C@@H]1F. The number of benzene rings is 1. The van der Waals surface area contributed by atoms with E-state index >= 15 is 0 Å². The second-order valence-electron chi connectivity index (χ2n) is 3.13. The van der Waals surface area contributed by atoms with Crippen LogP contribution in [-0.4, -0.2) is 6.36 Å². The first-order chi connectivity index (χ1) is 6.68. The maximum Gasteiger partial charge on any atom is 0.277 e. The molecule has 1 aliphatic rings. The van der Waals surface area contributed by atoms with Crippen LogP contribution < -0.4 is 4.74 Å². The second-order valence-corrected chi connectivity index (χ2v) is 3.13. The molecule has 0 saturated carbocycles. The van der Waals surface area contributed by atoms with Gasteiger partial charge < -0.3 is 4.74 Å². The van der Waals surface area contributed by atoms with Crippen LogP contribution >= 0.6 is 0 Å². The minimum absolute atomic E-state index is 0.119. The van der Waals surface area contributed by atoms with E-state index in [-0.39, 0.29) is 11.3 Å². The molecule has 0 spiro atoms. The molecule has 2 rings (SSSR count). The molecule has 0 N–H and O–H groups in total. The maximum absolute atomic E-state index is 14.0. The highest BCUT2D eigenvalue weighted by molar-refractivity contribution is 5.43. The van der Waals surface area contributed by atoms with Gasteiger partial charge in [0.2, 0.25) is 5.67 Å². The Hall–Kier alpha value is -1.63. The summed E-state index contributed by atoms with van der Waals surface area (Å²) in [7, 11) is 0. The van der Waals surface area contributed by atoms with Gasteiger partial charge >= 0.3 is 0 Å². The maximum atomic E-state index is 14.0. The van der Waals surface area contributed by atoms with Crippen molar-refractivity contribution in [2.75, 3.05) is 0 Å². The molecule has 1 aromatic carbocycles. The Labute approximate surface area is 79.7 Å². The molecule has 0 radical (unpaired) electrons. The van der Waals surface area contributed by atoms with Gasteiger partial charge in [0, 0.05) is 5.56 Å². The normalized spacial score (nSPS) is 29.1. The number of fused-ring (bicyclic) bond motifs is 1. The minimum atomic E-state index is -2.31. The van der Waals surface area contributed by atoms with Crippen molar-refractivity contribution in [2.24, 2.45) is 0 Å². The van der Waals surface area contributed by atoms with Crippen LogP contribution in [0.25, 0.3) is 0 Å². The Balaban J connectivity index is 2.50. The van der Waals surface area contributed by atoms with E-state index in [4.69, 9.17) is 5.26 Å². The smallest absolute Gasteiger partial charge is 0.277 e. The minimum Gasteiger partial charge on any atom is -0.456 e. The number of alkyl halides is 2. The number of ether oxygens (including phenoxy) is 1. The molecule has 0 unspecified atom stereocenters. The first kappa shape index (κ1) is 8.95. The van der Waals surface area contributed by atoms with Gasteiger partial charge in [-0.1, -0.05) is 18.2 Å². The average Bonchev–Trinajstić information content (AvgIpc) is 2.41. The van der Waals surface area contributed by atoms with Crippen molar-refractivity contribution in [2.45, 2.75) is 18.4 Å². The van der Waals surface area contributed by atoms with E-state index in [2.05, 4.69) is 4.74 Å². The molecule has 0 saturated heterocycles. The summed E-state index contributed by atoms with van der Waals surface area (Å²) in [6.07, 6.45) is -2.62. The molecule has 72 valence electrons. The molecule has 1 aliphatic heterocycles. The molecule has 14 heavy (non-hydrogen) atoms. The number of nitriles is 1. The average molecular weight is 195 g/mol. The molecular formula is C10H7F2NO. The standard InChI is InChI=1S/C10H7F2NO/c11-9-10(12,5-6-13)7-3-1-2-4-8(7)14-9/h1-4,9H,5H2/t9-,10-/m0/s1. The Bertz CT molecular complexity index is 401. The third-order valence-electron chi connectivity index (χ3n) is 2.26. The predicted molar refractivity (Wildman–Crippen MR) is 45.0 cm³/mol. The van der Waals surface area contributed by atoms with Crippen LogP contribution in [0.15, 0.2) is 24.3 Å². The lowest BCUT2D eigenvalue weighted by Gasteiger charge is -2.16. The Kier molecular flexibility index (Phi) is 1.88. The summed E-state index contributed by atoms with van der Waals surface area (Å²) in [6, 6.07) is 7.77. The molecule has 4 heteroatoms. The van der Waals surface area contributed by atoms with Crippen molar-refractivity contribution in [3.63, 3.8) is 0 Å². The van der Waals surface area contributed by atoms with E-state index in [1.165, 1.54) is 12.1 Å². The summed E-state index contributed by atoms with van der Waals surface area (Å²) in [6.45, 7) is 0. The molecule has 0 aromatic heterocycles. The number of hydrogen-bond acceptors (Lipinski definition) is 2. The fourth-order valence-electron chi connectivity index (χ4n) is 1.53. The van der Waals surface area contributed by atoms with E-state index in [1.807, 2.05) is 0 Å². The van der Waals surface area contributed by atoms with Crippen molar-refractivity contribution in [1.82, 2.24) is 0 Å². The van der Waals surface area contributed by atoms with Gasteiger partial charge in [0.15, 0.2) is 0 Å². The fourth-order valence-corrected chi connectivity index (χ4v) is 1.53. The first-order valence-electron chi connectivity index (χ1n) is 4.14. The van der Waals surface area contributed by atoms with Gasteiger partial charge in [0.1, 0.15) is 5.75 Å². The van der Waals surface area contributed by atoms with Gasteiger partial charge in [-0.25, -0.2) is 4.39 Å². The van der Waals surface area contributed by atoms with E-state index in [9.17, 15) is 8.78 Å². The molecule has 1 heterocycles. The lowest BCUT2D eigenvalue weighted by molar-refractivity contribution is -0.0476. The monoisotopic (exact) mass is 195 g/mol. The third-order valence-corrected chi connectivity index (χ3v) is 2.26. The van der Waals surface area contributed by atoms with E-state index in [0.29, 0.717) is 0 Å². The number of hydrogen-bond donors (Lipinski definition) is 0. The number of rotatable bonds is 1. The van der Waals surface area contributed by atoms with Crippen LogP contribution in [0.2, 0.25) is 0 Å². The molecule has 0 bridgehead atoms. The van der Waals surface area contributed by atoms with Crippen LogP contribution in [0.1, 0.15) is 12.0 Å². The largest absolute Gasteiger partial charge is 0.456 e. The van der Waals surface area contributed by atoms with Gasteiger partial charge in [-0.15, -0.1) is 0 Å². The highest BCUT2D eigenvalue weighted by Crippen LogP contribution is 2.46. The molecule has 0 fully saturated rings. The highest BCUT2D eigenvalue weighted by atomic mass is 19.2. The zero-order valence-corrected chi connectivity index (χ0v) is 7.21. The zero-order chi connectivity index (χ0) is 10.2. The van der Waals surface area contributed by atoms with Crippen LogP contribution in [-0.2, 0) is 5.67 Å².